The largest absolute Gasteiger partial charge is 0.392 e. The predicted molar refractivity (Wildman–Crippen MR) is 49.9 cm³/mol. The smallest absolute Gasteiger partial charge is 0.0653 e. The van der Waals surface area contributed by atoms with Crippen LogP contribution in [0.4, 0.5) is 0 Å². The molecule has 0 aliphatic heterocycles. The van der Waals surface area contributed by atoms with Gasteiger partial charge in [0, 0.05) is 5.41 Å². The summed E-state index contributed by atoms with van der Waals surface area (Å²) >= 11 is 0. The molecule has 0 heterocycles. The third-order valence-electron chi connectivity index (χ3n) is 4.60. The van der Waals surface area contributed by atoms with Gasteiger partial charge in [-0.2, -0.15) is 0 Å². The maximum Gasteiger partial charge on any atom is 0.0653 e. The molecule has 1 N–H and O–H groups in total. The lowest BCUT2D eigenvalue weighted by Crippen LogP contribution is -2.52. The Morgan fingerprint density at radius 2 is 1.83 bits per heavy atom. The van der Waals surface area contributed by atoms with Crippen LogP contribution in [0.3, 0.4) is 0 Å². The zero-order valence-corrected chi connectivity index (χ0v) is 8.65. The Morgan fingerprint density at radius 1 is 1.25 bits per heavy atom. The van der Waals surface area contributed by atoms with Gasteiger partial charge >= 0.3 is 0 Å². The third kappa shape index (κ3) is 0.693. The average Bonchev–Trinajstić information content (AvgIpc) is 2.59. The van der Waals surface area contributed by atoms with E-state index in [-0.39, 0.29) is 11.5 Å². The highest BCUT2D eigenvalue weighted by molar-refractivity contribution is 5.24. The molecule has 2 aliphatic carbocycles. The van der Waals surface area contributed by atoms with Gasteiger partial charge < -0.3 is 5.11 Å². The second-order valence-corrected chi connectivity index (χ2v) is 5.82. The Labute approximate surface area is 75.2 Å². The van der Waals surface area contributed by atoms with Gasteiger partial charge in [-0.3, -0.25) is 0 Å². The monoisotopic (exact) mass is 168 g/mol. The van der Waals surface area contributed by atoms with E-state index in [2.05, 4.69) is 27.7 Å². The Hall–Kier alpha value is -0.0400. The van der Waals surface area contributed by atoms with Crippen molar-refractivity contribution < 1.29 is 5.11 Å². The normalized spacial score (nSPS) is 55.2. The number of hydrogen-bond donors (Lipinski definition) is 1. The number of rotatable bonds is 1. The van der Waals surface area contributed by atoms with Crippen LogP contribution in [0, 0.1) is 16.2 Å². The zero-order chi connectivity index (χ0) is 9.20. The minimum atomic E-state index is -0.0463. The zero-order valence-electron chi connectivity index (χ0n) is 8.65. The molecule has 0 aromatic rings. The van der Waals surface area contributed by atoms with E-state index in [1.54, 1.807) is 0 Å². The molecule has 70 valence electrons. The van der Waals surface area contributed by atoms with Gasteiger partial charge in [0.25, 0.3) is 0 Å². The van der Waals surface area contributed by atoms with Crippen molar-refractivity contribution in [2.75, 3.05) is 0 Å². The van der Waals surface area contributed by atoms with Crippen molar-refractivity contribution in [3.05, 3.63) is 0 Å². The Kier molecular flexibility index (Phi) is 1.35. The molecule has 0 aromatic carbocycles. The first-order chi connectivity index (χ1) is 5.38. The maximum absolute atomic E-state index is 10.0. The van der Waals surface area contributed by atoms with E-state index in [9.17, 15) is 5.11 Å². The van der Waals surface area contributed by atoms with Crippen LogP contribution in [0.5, 0.6) is 0 Å². The summed E-state index contributed by atoms with van der Waals surface area (Å²) in [6, 6.07) is 0. The molecule has 0 saturated heterocycles. The fourth-order valence-electron chi connectivity index (χ4n) is 3.45. The third-order valence-corrected chi connectivity index (χ3v) is 4.60. The van der Waals surface area contributed by atoms with Gasteiger partial charge in [-0.15, -0.1) is 0 Å². The molecule has 0 radical (unpaired) electrons. The Balaban J connectivity index is 2.13. The summed E-state index contributed by atoms with van der Waals surface area (Å²) in [5.41, 5.74) is 0.972. The van der Waals surface area contributed by atoms with E-state index >= 15 is 0 Å². The lowest BCUT2D eigenvalue weighted by molar-refractivity contribution is -0.133. The summed E-state index contributed by atoms with van der Waals surface area (Å²) in [6.45, 7) is 8.92. The first-order valence-corrected chi connectivity index (χ1v) is 5.06. The van der Waals surface area contributed by atoms with Crippen LogP contribution in [-0.2, 0) is 0 Å². The number of aliphatic hydroxyl groups is 1. The van der Waals surface area contributed by atoms with Crippen molar-refractivity contribution in [3.63, 3.8) is 0 Å². The van der Waals surface area contributed by atoms with E-state index in [0.717, 1.165) is 0 Å². The standard InChI is InChI=1S/C11H20O/c1-5-10(4)7-11(10)6-9(2,3)8(11)12/h8,12H,5-7H2,1-4H3. The lowest BCUT2D eigenvalue weighted by atomic mass is 9.56. The lowest BCUT2D eigenvalue weighted by Gasteiger charge is -2.51. The van der Waals surface area contributed by atoms with Gasteiger partial charge in [0.2, 0.25) is 0 Å². The summed E-state index contributed by atoms with van der Waals surface area (Å²) in [5, 5.41) is 10.0. The first kappa shape index (κ1) is 8.55. The predicted octanol–water partition coefficient (Wildman–Crippen LogP) is 2.58. The average molecular weight is 168 g/mol. The van der Waals surface area contributed by atoms with Gasteiger partial charge in [-0.25, -0.2) is 0 Å². The van der Waals surface area contributed by atoms with E-state index < -0.39 is 0 Å². The van der Waals surface area contributed by atoms with Crippen LogP contribution in [0.2, 0.25) is 0 Å². The summed E-state index contributed by atoms with van der Waals surface area (Å²) in [6.07, 6.45) is 3.65. The van der Waals surface area contributed by atoms with Crippen molar-refractivity contribution >= 4 is 0 Å². The SMILES string of the molecule is CCC1(C)CC12CC(C)(C)C2O. The van der Waals surface area contributed by atoms with Crippen molar-refractivity contribution in [1.82, 2.24) is 0 Å². The van der Waals surface area contributed by atoms with Gasteiger partial charge in [-0.1, -0.05) is 34.1 Å². The van der Waals surface area contributed by atoms with Crippen LogP contribution >= 0.6 is 0 Å². The Morgan fingerprint density at radius 3 is 2.08 bits per heavy atom. The van der Waals surface area contributed by atoms with E-state index in [1.165, 1.54) is 19.3 Å². The minimum Gasteiger partial charge on any atom is -0.392 e. The Bertz CT molecular complexity index is 221. The molecule has 2 rings (SSSR count). The van der Waals surface area contributed by atoms with Crippen LogP contribution in [0.25, 0.3) is 0 Å². The number of hydrogen-bond acceptors (Lipinski definition) is 1. The molecule has 2 aliphatic rings. The molecular weight excluding hydrogens is 148 g/mol. The van der Waals surface area contributed by atoms with Crippen LogP contribution in [0.1, 0.15) is 47.0 Å². The van der Waals surface area contributed by atoms with Crippen LogP contribution in [-0.4, -0.2) is 11.2 Å². The minimum absolute atomic E-state index is 0.0463. The molecule has 1 nitrogen and oxygen atoms in total. The molecule has 1 heteroatoms. The fraction of sp³-hybridized carbons (Fsp3) is 1.00. The van der Waals surface area contributed by atoms with Gasteiger partial charge in [-0.05, 0) is 23.7 Å². The summed E-state index contributed by atoms with van der Waals surface area (Å²) < 4.78 is 0. The summed E-state index contributed by atoms with van der Waals surface area (Å²) in [5.74, 6) is 0. The molecule has 2 saturated carbocycles. The van der Waals surface area contributed by atoms with Gasteiger partial charge in [0.15, 0.2) is 0 Å². The van der Waals surface area contributed by atoms with Crippen LogP contribution < -0.4 is 0 Å². The molecule has 0 aromatic heterocycles. The molecule has 3 atom stereocenters. The molecule has 0 amide bonds. The summed E-state index contributed by atoms with van der Waals surface area (Å²) in [7, 11) is 0. The quantitative estimate of drug-likeness (QED) is 0.638. The molecule has 1 spiro atoms. The van der Waals surface area contributed by atoms with Crippen molar-refractivity contribution in [2.45, 2.75) is 53.1 Å². The highest BCUT2D eigenvalue weighted by Gasteiger charge is 2.75. The molecule has 0 bridgehead atoms. The summed E-state index contributed by atoms with van der Waals surface area (Å²) in [4.78, 5) is 0. The topological polar surface area (TPSA) is 20.2 Å². The first-order valence-electron chi connectivity index (χ1n) is 5.06. The molecule has 3 unspecified atom stereocenters. The molecular formula is C11H20O. The fourth-order valence-corrected chi connectivity index (χ4v) is 3.45. The van der Waals surface area contributed by atoms with Crippen molar-refractivity contribution in [1.29, 1.82) is 0 Å². The van der Waals surface area contributed by atoms with E-state index in [1.807, 2.05) is 0 Å². The second-order valence-electron chi connectivity index (χ2n) is 5.82. The van der Waals surface area contributed by atoms with Crippen LogP contribution in [0.15, 0.2) is 0 Å². The van der Waals surface area contributed by atoms with E-state index in [0.29, 0.717) is 10.8 Å². The molecule has 12 heavy (non-hydrogen) atoms. The van der Waals surface area contributed by atoms with Gasteiger partial charge in [0.05, 0.1) is 6.10 Å². The second kappa shape index (κ2) is 1.89. The maximum atomic E-state index is 10.0. The number of aliphatic hydroxyl groups excluding tert-OH is 1. The van der Waals surface area contributed by atoms with Gasteiger partial charge in [0.1, 0.15) is 0 Å². The van der Waals surface area contributed by atoms with E-state index in [4.69, 9.17) is 0 Å². The van der Waals surface area contributed by atoms with Crippen molar-refractivity contribution in [2.24, 2.45) is 16.2 Å². The highest BCUT2D eigenvalue weighted by atomic mass is 16.3. The highest BCUT2D eigenvalue weighted by Crippen LogP contribution is 2.79. The van der Waals surface area contributed by atoms with Crippen molar-refractivity contribution in [3.8, 4) is 0 Å². The molecule has 2 fully saturated rings.